The van der Waals surface area contributed by atoms with Gasteiger partial charge in [0.1, 0.15) is 0 Å². The maximum atomic E-state index is 12.2. The van der Waals surface area contributed by atoms with Gasteiger partial charge in [0.25, 0.3) is 0 Å². The summed E-state index contributed by atoms with van der Waals surface area (Å²) in [6.45, 7) is 5.43. The number of morpholine rings is 1. The first-order valence-corrected chi connectivity index (χ1v) is 8.21. The third-order valence-electron chi connectivity index (χ3n) is 3.09. The van der Waals surface area contributed by atoms with E-state index in [2.05, 4.69) is 10.0 Å². The van der Waals surface area contributed by atoms with E-state index in [1.807, 2.05) is 19.1 Å². The maximum absolute atomic E-state index is 12.2. The van der Waals surface area contributed by atoms with Gasteiger partial charge in [-0.2, -0.15) is 12.7 Å². The van der Waals surface area contributed by atoms with Crippen LogP contribution in [0.15, 0.2) is 24.3 Å². The highest BCUT2D eigenvalue weighted by atomic mass is 32.2. The van der Waals surface area contributed by atoms with Gasteiger partial charge in [-0.15, -0.1) is 0 Å². The van der Waals surface area contributed by atoms with E-state index in [1.54, 1.807) is 12.1 Å². The fraction of sp³-hybridized carbons (Fsp3) is 0.538. The van der Waals surface area contributed by atoms with Gasteiger partial charge in [-0.25, -0.2) is 0 Å². The highest BCUT2D eigenvalue weighted by Crippen LogP contribution is 2.14. The van der Waals surface area contributed by atoms with Crippen LogP contribution in [0.25, 0.3) is 0 Å². The fourth-order valence-electron chi connectivity index (χ4n) is 1.96. The lowest BCUT2D eigenvalue weighted by Crippen LogP contribution is -2.43. The van der Waals surface area contributed by atoms with Gasteiger partial charge in [0.2, 0.25) is 0 Å². The lowest BCUT2D eigenvalue weighted by molar-refractivity contribution is 0.0733. The molecule has 1 fully saturated rings. The fourth-order valence-corrected chi connectivity index (χ4v) is 3.15. The number of anilines is 1. The number of nitrogens with zero attached hydrogens (tertiary/aromatic N) is 1. The zero-order valence-electron chi connectivity index (χ0n) is 11.6. The molecule has 0 saturated carbocycles. The molecule has 20 heavy (non-hydrogen) atoms. The number of benzene rings is 1. The smallest absolute Gasteiger partial charge is 0.301 e. The normalized spacial score (nSPS) is 17.1. The van der Waals surface area contributed by atoms with E-state index >= 15 is 0 Å². The number of hydrogen-bond acceptors (Lipinski definition) is 4. The molecular weight excluding hydrogens is 278 g/mol. The zero-order valence-corrected chi connectivity index (χ0v) is 12.4. The van der Waals surface area contributed by atoms with Gasteiger partial charge in [-0.1, -0.05) is 19.1 Å². The second-order valence-electron chi connectivity index (χ2n) is 4.60. The van der Waals surface area contributed by atoms with E-state index in [0.717, 1.165) is 18.7 Å². The summed E-state index contributed by atoms with van der Waals surface area (Å²) in [7, 11) is -3.48. The number of hydrogen-bond donors (Lipinski definition) is 2. The van der Waals surface area contributed by atoms with Crippen LogP contribution in [-0.4, -0.2) is 45.6 Å². The molecule has 0 atom stereocenters. The van der Waals surface area contributed by atoms with Crippen LogP contribution in [0.1, 0.15) is 12.5 Å². The highest BCUT2D eigenvalue weighted by molar-refractivity contribution is 7.90. The summed E-state index contributed by atoms with van der Waals surface area (Å²) < 4.78 is 33.5. The first-order chi connectivity index (χ1) is 9.62. The predicted molar refractivity (Wildman–Crippen MR) is 78.8 cm³/mol. The largest absolute Gasteiger partial charge is 0.379 e. The van der Waals surface area contributed by atoms with Gasteiger partial charge in [0.05, 0.1) is 13.2 Å². The summed E-state index contributed by atoms with van der Waals surface area (Å²) in [5, 5.41) is 3.22. The molecule has 0 bridgehead atoms. The minimum atomic E-state index is -3.48. The Morgan fingerprint density at radius 3 is 2.45 bits per heavy atom. The molecule has 112 valence electrons. The summed E-state index contributed by atoms with van der Waals surface area (Å²) >= 11 is 0. The zero-order chi connectivity index (χ0) is 14.4. The topological polar surface area (TPSA) is 70.7 Å². The van der Waals surface area contributed by atoms with Gasteiger partial charge in [-0.3, -0.25) is 4.72 Å². The Morgan fingerprint density at radius 2 is 1.85 bits per heavy atom. The van der Waals surface area contributed by atoms with Gasteiger partial charge in [0, 0.05) is 25.3 Å². The first-order valence-electron chi connectivity index (χ1n) is 6.77. The van der Waals surface area contributed by atoms with E-state index in [9.17, 15) is 8.42 Å². The van der Waals surface area contributed by atoms with E-state index < -0.39 is 10.2 Å². The monoisotopic (exact) mass is 299 g/mol. The summed E-state index contributed by atoms with van der Waals surface area (Å²) in [4.78, 5) is 0. The lowest BCUT2D eigenvalue weighted by atomic mass is 10.2. The summed E-state index contributed by atoms with van der Waals surface area (Å²) in [6, 6.07) is 7.40. The molecule has 1 aromatic carbocycles. The van der Waals surface area contributed by atoms with E-state index in [-0.39, 0.29) is 0 Å². The molecule has 0 radical (unpaired) electrons. The van der Waals surface area contributed by atoms with Gasteiger partial charge >= 0.3 is 10.2 Å². The second kappa shape index (κ2) is 7.03. The molecule has 1 heterocycles. The molecular formula is C13H21N3O3S. The van der Waals surface area contributed by atoms with Crippen LogP contribution in [0.3, 0.4) is 0 Å². The van der Waals surface area contributed by atoms with E-state index in [1.165, 1.54) is 4.31 Å². The number of rotatable bonds is 6. The minimum absolute atomic E-state index is 0.397. The van der Waals surface area contributed by atoms with Crippen molar-refractivity contribution in [3.8, 4) is 0 Å². The molecule has 1 aliphatic rings. The van der Waals surface area contributed by atoms with Crippen molar-refractivity contribution < 1.29 is 13.2 Å². The average molecular weight is 299 g/mol. The maximum Gasteiger partial charge on any atom is 0.301 e. The van der Waals surface area contributed by atoms with Crippen LogP contribution in [0.2, 0.25) is 0 Å². The highest BCUT2D eigenvalue weighted by Gasteiger charge is 2.23. The third-order valence-corrected chi connectivity index (χ3v) is 4.63. The van der Waals surface area contributed by atoms with Crippen molar-refractivity contribution in [2.75, 3.05) is 37.6 Å². The van der Waals surface area contributed by atoms with Crippen LogP contribution in [-0.2, 0) is 21.5 Å². The Bertz CT molecular complexity index is 510. The van der Waals surface area contributed by atoms with Crippen LogP contribution in [0, 0.1) is 0 Å². The van der Waals surface area contributed by atoms with Crippen LogP contribution < -0.4 is 10.0 Å². The number of ether oxygens (including phenoxy) is 1. The molecule has 2 N–H and O–H groups in total. The van der Waals surface area contributed by atoms with E-state index in [0.29, 0.717) is 32.0 Å². The van der Waals surface area contributed by atoms with Gasteiger partial charge < -0.3 is 10.1 Å². The average Bonchev–Trinajstić information content (AvgIpc) is 2.47. The van der Waals surface area contributed by atoms with E-state index in [4.69, 9.17) is 4.74 Å². The Labute approximate surface area is 120 Å². The Kier molecular flexibility index (Phi) is 5.36. The van der Waals surface area contributed by atoms with Gasteiger partial charge in [0.15, 0.2) is 0 Å². The van der Waals surface area contributed by atoms with Crippen molar-refractivity contribution in [1.29, 1.82) is 0 Å². The molecule has 6 nitrogen and oxygen atoms in total. The first kappa shape index (κ1) is 15.2. The van der Waals surface area contributed by atoms with Crippen LogP contribution >= 0.6 is 0 Å². The quantitative estimate of drug-likeness (QED) is 0.814. The number of nitrogens with one attached hydrogen (secondary N) is 2. The predicted octanol–water partition coefficient (Wildman–Crippen LogP) is 0.785. The van der Waals surface area contributed by atoms with Crippen molar-refractivity contribution in [2.45, 2.75) is 13.5 Å². The Balaban J connectivity index is 1.98. The molecule has 1 aromatic rings. The lowest BCUT2D eigenvalue weighted by Gasteiger charge is -2.26. The Hall–Kier alpha value is -1.15. The third kappa shape index (κ3) is 4.17. The molecule has 0 aromatic heterocycles. The second-order valence-corrected chi connectivity index (χ2v) is 6.27. The minimum Gasteiger partial charge on any atom is -0.379 e. The van der Waals surface area contributed by atoms with Crippen molar-refractivity contribution in [2.24, 2.45) is 0 Å². The standard InChI is InChI=1S/C13H21N3O3S/c1-2-14-11-12-3-5-13(6-4-12)15-20(17,18)16-7-9-19-10-8-16/h3-6,14-15H,2,7-11H2,1H3. The summed E-state index contributed by atoms with van der Waals surface area (Å²) in [5.74, 6) is 0. The molecule has 0 spiro atoms. The summed E-state index contributed by atoms with van der Waals surface area (Å²) in [5.41, 5.74) is 1.71. The van der Waals surface area contributed by atoms with Crippen LogP contribution in [0.5, 0.6) is 0 Å². The van der Waals surface area contributed by atoms with Gasteiger partial charge in [-0.05, 0) is 24.2 Å². The Morgan fingerprint density at radius 1 is 1.20 bits per heavy atom. The van der Waals surface area contributed by atoms with Crippen molar-refractivity contribution >= 4 is 15.9 Å². The summed E-state index contributed by atoms with van der Waals surface area (Å²) in [6.07, 6.45) is 0. The molecule has 0 amide bonds. The SMILES string of the molecule is CCNCc1ccc(NS(=O)(=O)N2CCOCC2)cc1. The molecule has 0 aliphatic carbocycles. The molecule has 2 rings (SSSR count). The molecule has 1 saturated heterocycles. The molecule has 7 heteroatoms. The van der Waals surface area contributed by atoms with Crippen LogP contribution in [0.4, 0.5) is 5.69 Å². The van der Waals surface area contributed by atoms with Crippen molar-refractivity contribution in [3.05, 3.63) is 29.8 Å². The van der Waals surface area contributed by atoms with Crippen molar-refractivity contribution in [3.63, 3.8) is 0 Å². The van der Waals surface area contributed by atoms with Crippen molar-refractivity contribution in [1.82, 2.24) is 9.62 Å². The molecule has 1 aliphatic heterocycles. The molecule has 0 unspecified atom stereocenters.